The molecule has 0 aliphatic heterocycles. The molecule has 4 aromatic rings. The average molecular weight is 388 g/mol. The maximum Gasteiger partial charge on any atom is 0.268 e. The van der Waals surface area contributed by atoms with E-state index in [-0.39, 0.29) is 5.91 Å². The number of nitrogens with one attached hydrogen (secondary N) is 1. The molecule has 0 saturated heterocycles. The summed E-state index contributed by atoms with van der Waals surface area (Å²) in [6.07, 6.45) is 0.412. The van der Waals surface area contributed by atoms with E-state index in [1.165, 1.54) is 0 Å². The Morgan fingerprint density at radius 3 is 2.92 bits per heavy atom. The van der Waals surface area contributed by atoms with Gasteiger partial charge >= 0.3 is 0 Å². The van der Waals surface area contributed by atoms with Crippen LogP contribution in [0.3, 0.4) is 0 Å². The Balaban J connectivity index is 1.38. The minimum atomic E-state index is 0.0196. The molecule has 0 atom stereocenters. The molecule has 0 spiro atoms. The number of hydrogen-bond acceptors (Lipinski definition) is 7. The minimum absolute atomic E-state index is 0.0196. The summed E-state index contributed by atoms with van der Waals surface area (Å²) in [5, 5.41) is 12.9. The smallest absolute Gasteiger partial charge is 0.268 e. The van der Waals surface area contributed by atoms with Crippen LogP contribution in [0.2, 0.25) is 0 Å². The largest absolute Gasteiger partial charge is 0.351 e. The van der Waals surface area contributed by atoms with Gasteiger partial charge in [0.25, 0.3) is 5.89 Å². The molecule has 0 unspecified atom stereocenters. The van der Waals surface area contributed by atoms with E-state index in [1.807, 2.05) is 46.5 Å². The highest BCUT2D eigenvalue weighted by molar-refractivity contribution is 7.15. The quantitative estimate of drug-likeness (QED) is 0.531. The van der Waals surface area contributed by atoms with Crippen molar-refractivity contribution in [2.24, 2.45) is 0 Å². The van der Waals surface area contributed by atoms with Crippen LogP contribution in [-0.2, 0) is 17.8 Å². The van der Waals surface area contributed by atoms with E-state index >= 15 is 0 Å². The highest BCUT2D eigenvalue weighted by Crippen LogP contribution is 2.29. The number of thiophene rings is 3. The van der Waals surface area contributed by atoms with Crippen LogP contribution in [0.15, 0.2) is 51.0 Å². The van der Waals surface area contributed by atoms with Gasteiger partial charge in [0, 0.05) is 4.88 Å². The molecule has 0 fully saturated rings. The first-order valence-corrected chi connectivity index (χ1v) is 10.2. The molecule has 0 bridgehead atoms. The standard InChI is InChI=1S/C17H13N3O2S3/c21-15(8-11-5-7-23-10-11)18-9-12-3-4-14(25-12)17-19-16(20-22-17)13-2-1-6-24-13/h1-7,10H,8-9H2,(H,18,21). The molecule has 0 aliphatic rings. The van der Waals surface area contributed by atoms with Crippen molar-refractivity contribution in [3.8, 4) is 21.5 Å². The van der Waals surface area contributed by atoms with Crippen molar-refractivity contribution in [3.05, 3.63) is 56.9 Å². The summed E-state index contributed by atoms with van der Waals surface area (Å²) in [6, 6.07) is 9.80. The number of hydrogen-bond donors (Lipinski definition) is 1. The van der Waals surface area contributed by atoms with Crippen LogP contribution in [-0.4, -0.2) is 16.0 Å². The molecule has 0 radical (unpaired) electrons. The van der Waals surface area contributed by atoms with E-state index in [0.717, 1.165) is 20.2 Å². The Hall–Kier alpha value is -2.29. The molecule has 126 valence electrons. The van der Waals surface area contributed by atoms with Crippen LogP contribution < -0.4 is 5.32 Å². The van der Waals surface area contributed by atoms with Crippen molar-refractivity contribution in [3.63, 3.8) is 0 Å². The van der Waals surface area contributed by atoms with Gasteiger partial charge in [-0.1, -0.05) is 11.2 Å². The summed E-state index contributed by atoms with van der Waals surface area (Å²) in [5.41, 5.74) is 1.04. The normalized spacial score (nSPS) is 10.9. The van der Waals surface area contributed by atoms with Gasteiger partial charge in [-0.25, -0.2) is 0 Å². The molecule has 5 nitrogen and oxygen atoms in total. The molecule has 4 rings (SSSR count). The van der Waals surface area contributed by atoms with E-state index in [1.54, 1.807) is 34.0 Å². The first kappa shape index (κ1) is 16.2. The number of aromatic nitrogens is 2. The van der Waals surface area contributed by atoms with Gasteiger partial charge in [0.2, 0.25) is 11.7 Å². The third-order valence-electron chi connectivity index (χ3n) is 3.44. The lowest BCUT2D eigenvalue weighted by atomic mass is 10.2. The van der Waals surface area contributed by atoms with Crippen molar-refractivity contribution in [1.29, 1.82) is 0 Å². The number of rotatable bonds is 6. The van der Waals surface area contributed by atoms with Crippen molar-refractivity contribution in [2.45, 2.75) is 13.0 Å². The molecule has 4 aromatic heterocycles. The Kier molecular flexibility index (Phi) is 4.73. The van der Waals surface area contributed by atoms with E-state index in [0.29, 0.717) is 24.7 Å². The summed E-state index contributed by atoms with van der Waals surface area (Å²) in [5.74, 6) is 1.12. The zero-order valence-electron chi connectivity index (χ0n) is 13.0. The Morgan fingerprint density at radius 1 is 1.16 bits per heavy atom. The summed E-state index contributed by atoms with van der Waals surface area (Å²) >= 11 is 4.71. The Bertz CT molecular complexity index is 955. The summed E-state index contributed by atoms with van der Waals surface area (Å²) in [6.45, 7) is 0.500. The molecule has 25 heavy (non-hydrogen) atoms. The predicted molar refractivity (Wildman–Crippen MR) is 101 cm³/mol. The van der Waals surface area contributed by atoms with Crippen molar-refractivity contribution in [2.75, 3.05) is 0 Å². The van der Waals surface area contributed by atoms with Crippen LogP contribution in [0.5, 0.6) is 0 Å². The van der Waals surface area contributed by atoms with E-state index in [9.17, 15) is 4.79 Å². The second-order valence-electron chi connectivity index (χ2n) is 5.25. The van der Waals surface area contributed by atoms with E-state index in [4.69, 9.17) is 4.52 Å². The summed E-state index contributed by atoms with van der Waals surface area (Å²) in [4.78, 5) is 19.3. The summed E-state index contributed by atoms with van der Waals surface area (Å²) in [7, 11) is 0. The third-order valence-corrected chi connectivity index (χ3v) is 6.12. The zero-order chi connectivity index (χ0) is 17.1. The van der Waals surface area contributed by atoms with Gasteiger partial charge in [0.1, 0.15) is 0 Å². The molecule has 8 heteroatoms. The van der Waals surface area contributed by atoms with Crippen LogP contribution in [0.25, 0.3) is 21.5 Å². The van der Waals surface area contributed by atoms with Gasteiger partial charge < -0.3 is 9.84 Å². The lowest BCUT2D eigenvalue weighted by Crippen LogP contribution is -2.23. The van der Waals surface area contributed by atoms with Crippen molar-refractivity contribution >= 4 is 39.9 Å². The second-order valence-corrected chi connectivity index (χ2v) is 8.15. The van der Waals surface area contributed by atoms with Gasteiger partial charge in [0.15, 0.2) is 0 Å². The molecule has 1 amide bonds. The molecule has 0 aliphatic carbocycles. The van der Waals surface area contributed by atoms with Crippen molar-refractivity contribution in [1.82, 2.24) is 15.5 Å². The van der Waals surface area contributed by atoms with E-state index in [2.05, 4.69) is 15.5 Å². The van der Waals surface area contributed by atoms with Gasteiger partial charge in [-0.3, -0.25) is 4.79 Å². The Labute approximate surface area is 156 Å². The SMILES string of the molecule is O=C(Cc1ccsc1)NCc1ccc(-c2nc(-c3cccs3)no2)s1. The predicted octanol–water partition coefficient (Wildman–Crippen LogP) is 4.45. The highest BCUT2D eigenvalue weighted by atomic mass is 32.1. The van der Waals surface area contributed by atoms with Crippen LogP contribution in [0, 0.1) is 0 Å². The molecule has 0 saturated carbocycles. The fourth-order valence-corrected chi connectivity index (χ4v) is 4.43. The fraction of sp³-hybridized carbons (Fsp3) is 0.118. The lowest BCUT2D eigenvalue weighted by Gasteiger charge is -2.02. The number of carbonyl (C=O) groups is 1. The maximum absolute atomic E-state index is 12.0. The minimum Gasteiger partial charge on any atom is -0.351 e. The Morgan fingerprint density at radius 2 is 2.12 bits per heavy atom. The maximum atomic E-state index is 12.0. The van der Waals surface area contributed by atoms with Crippen LogP contribution in [0.1, 0.15) is 10.4 Å². The topological polar surface area (TPSA) is 68.0 Å². The first-order chi connectivity index (χ1) is 12.3. The van der Waals surface area contributed by atoms with Crippen LogP contribution in [0.4, 0.5) is 0 Å². The molecular formula is C17H13N3O2S3. The highest BCUT2D eigenvalue weighted by Gasteiger charge is 2.13. The second kappa shape index (κ2) is 7.30. The molecular weight excluding hydrogens is 374 g/mol. The van der Waals surface area contributed by atoms with Crippen molar-refractivity contribution < 1.29 is 9.32 Å². The number of carbonyl (C=O) groups excluding carboxylic acids is 1. The van der Waals surface area contributed by atoms with Gasteiger partial charge in [0.05, 0.1) is 22.7 Å². The number of nitrogens with zero attached hydrogens (tertiary/aromatic N) is 2. The van der Waals surface area contributed by atoms with Gasteiger partial charge in [-0.05, 0) is 46.0 Å². The average Bonchev–Trinajstić information content (AvgIpc) is 3.40. The molecule has 4 heterocycles. The van der Waals surface area contributed by atoms with Crippen LogP contribution >= 0.6 is 34.0 Å². The monoisotopic (exact) mass is 387 g/mol. The fourth-order valence-electron chi connectivity index (χ4n) is 2.24. The summed E-state index contributed by atoms with van der Waals surface area (Å²) < 4.78 is 5.35. The first-order valence-electron chi connectivity index (χ1n) is 7.52. The molecule has 1 N–H and O–H groups in total. The third kappa shape index (κ3) is 3.87. The van der Waals surface area contributed by atoms with Gasteiger partial charge in [-0.15, -0.1) is 22.7 Å². The van der Waals surface area contributed by atoms with Gasteiger partial charge in [-0.2, -0.15) is 16.3 Å². The number of amides is 1. The lowest BCUT2D eigenvalue weighted by molar-refractivity contribution is -0.120. The zero-order valence-corrected chi connectivity index (χ0v) is 15.4. The molecule has 0 aromatic carbocycles. The van der Waals surface area contributed by atoms with E-state index < -0.39 is 0 Å².